The zero-order valence-corrected chi connectivity index (χ0v) is 16.2. The van der Waals surface area contributed by atoms with Crippen molar-refractivity contribution >= 4 is 17.6 Å². The Labute approximate surface area is 159 Å². The first kappa shape index (κ1) is 19.7. The fourth-order valence-corrected chi connectivity index (χ4v) is 2.62. The lowest BCUT2D eigenvalue weighted by molar-refractivity contribution is 0.322. The van der Waals surface area contributed by atoms with Crippen LogP contribution >= 0.6 is 11.6 Å². The van der Waals surface area contributed by atoms with Crippen molar-refractivity contribution in [1.82, 2.24) is 10.6 Å². The van der Waals surface area contributed by atoms with Crippen LogP contribution in [0.2, 0.25) is 5.02 Å². The molecule has 2 N–H and O–H groups in total. The second kappa shape index (κ2) is 9.77. The summed E-state index contributed by atoms with van der Waals surface area (Å²) in [7, 11) is 6.51. The highest BCUT2D eigenvalue weighted by molar-refractivity contribution is 6.30. The van der Waals surface area contributed by atoms with Gasteiger partial charge in [0.15, 0.2) is 17.5 Å². The van der Waals surface area contributed by atoms with Gasteiger partial charge in [0.1, 0.15) is 0 Å². The number of nitrogens with one attached hydrogen (secondary N) is 2. The first-order valence-electron chi connectivity index (χ1n) is 8.09. The zero-order chi connectivity index (χ0) is 18.9. The SMILES string of the molecule is CN=C(NCc1ccc(Cl)cc1)NCc1ccc(OC)c(OC)c1OC. The van der Waals surface area contributed by atoms with Gasteiger partial charge in [-0.3, -0.25) is 4.99 Å². The molecule has 2 aromatic carbocycles. The molecule has 0 fully saturated rings. The van der Waals surface area contributed by atoms with E-state index in [9.17, 15) is 0 Å². The average molecular weight is 378 g/mol. The van der Waals surface area contributed by atoms with Crippen molar-refractivity contribution < 1.29 is 14.2 Å². The minimum atomic E-state index is 0.518. The molecule has 2 rings (SSSR count). The van der Waals surface area contributed by atoms with E-state index in [1.807, 2.05) is 36.4 Å². The van der Waals surface area contributed by atoms with E-state index in [0.29, 0.717) is 36.3 Å². The first-order chi connectivity index (χ1) is 12.6. The molecule has 2 aromatic rings. The smallest absolute Gasteiger partial charge is 0.203 e. The Balaban J connectivity index is 2.02. The van der Waals surface area contributed by atoms with Crippen molar-refractivity contribution in [2.45, 2.75) is 13.1 Å². The van der Waals surface area contributed by atoms with E-state index in [2.05, 4.69) is 15.6 Å². The predicted octanol–water partition coefficient (Wildman–Crippen LogP) is 3.23. The first-order valence-corrected chi connectivity index (χ1v) is 8.47. The average Bonchev–Trinajstić information content (AvgIpc) is 2.68. The van der Waals surface area contributed by atoms with Gasteiger partial charge in [-0.15, -0.1) is 0 Å². The Kier molecular flexibility index (Phi) is 7.41. The summed E-state index contributed by atoms with van der Waals surface area (Å²) in [5, 5.41) is 7.25. The third-order valence-electron chi connectivity index (χ3n) is 3.83. The number of nitrogens with zero attached hydrogens (tertiary/aromatic N) is 1. The molecular formula is C19H24ClN3O3. The van der Waals surface area contributed by atoms with E-state index in [1.54, 1.807) is 28.4 Å². The molecule has 0 saturated carbocycles. The zero-order valence-electron chi connectivity index (χ0n) is 15.4. The Morgan fingerprint density at radius 3 is 2.12 bits per heavy atom. The molecule has 0 aliphatic rings. The monoisotopic (exact) mass is 377 g/mol. The van der Waals surface area contributed by atoms with Crippen molar-refractivity contribution in [3.05, 3.63) is 52.5 Å². The highest BCUT2D eigenvalue weighted by Gasteiger charge is 2.15. The van der Waals surface area contributed by atoms with Crippen LogP contribution in [-0.2, 0) is 13.1 Å². The Morgan fingerprint density at radius 2 is 1.54 bits per heavy atom. The van der Waals surface area contributed by atoms with Gasteiger partial charge < -0.3 is 24.8 Å². The molecule has 26 heavy (non-hydrogen) atoms. The minimum absolute atomic E-state index is 0.518. The summed E-state index contributed by atoms with van der Waals surface area (Å²) in [6, 6.07) is 11.5. The third kappa shape index (κ3) is 4.95. The molecule has 0 spiro atoms. The molecule has 0 unspecified atom stereocenters. The highest BCUT2D eigenvalue weighted by atomic mass is 35.5. The Morgan fingerprint density at radius 1 is 0.885 bits per heavy atom. The molecule has 0 aliphatic carbocycles. The summed E-state index contributed by atoms with van der Waals surface area (Å²) in [4.78, 5) is 4.24. The number of rotatable bonds is 7. The van der Waals surface area contributed by atoms with E-state index >= 15 is 0 Å². The number of hydrogen-bond acceptors (Lipinski definition) is 4. The molecule has 140 valence electrons. The van der Waals surface area contributed by atoms with E-state index in [1.165, 1.54) is 0 Å². The second-order valence-electron chi connectivity index (χ2n) is 5.40. The molecule has 0 radical (unpaired) electrons. The third-order valence-corrected chi connectivity index (χ3v) is 4.08. The lowest BCUT2D eigenvalue weighted by Crippen LogP contribution is -2.36. The number of ether oxygens (including phenoxy) is 3. The largest absolute Gasteiger partial charge is 0.493 e. The Hall–Kier alpha value is -2.60. The van der Waals surface area contributed by atoms with Crippen molar-refractivity contribution in [1.29, 1.82) is 0 Å². The maximum atomic E-state index is 5.91. The van der Waals surface area contributed by atoms with Crippen LogP contribution in [0.5, 0.6) is 17.2 Å². The van der Waals surface area contributed by atoms with Crippen LogP contribution in [0, 0.1) is 0 Å². The van der Waals surface area contributed by atoms with Crippen molar-refractivity contribution in [3.8, 4) is 17.2 Å². The highest BCUT2D eigenvalue weighted by Crippen LogP contribution is 2.39. The van der Waals surface area contributed by atoms with Gasteiger partial charge in [0.25, 0.3) is 0 Å². The lowest BCUT2D eigenvalue weighted by Gasteiger charge is -2.17. The summed E-state index contributed by atoms with van der Waals surface area (Å²) >= 11 is 5.91. The summed E-state index contributed by atoms with van der Waals surface area (Å²) in [5.74, 6) is 2.50. The maximum Gasteiger partial charge on any atom is 0.203 e. The number of hydrogen-bond donors (Lipinski definition) is 2. The molecule has 0 aliphatic heterocycles. The summed E-state index contributed by atoms with van der Waals surface area (Å²) < 4.78 is 16.2. The van der Waals surface area contributed by atoms with Gasteiger partial charge in [0, 0.05) is 30.7 Å². The van der Waals surface area contributed by atoms with Gasteiger partial charge in [-0.2, -0.15) is 0 Å². The summed E-state index contributed by atoms with van der Waals surface area (Å²) in [5.41, 5.74) is 2.04. The number of guanidine groups is 1. The van der Waals surface area contributed by atoms with E-state index in [4.69, 9.17) is 25.8 Å². The van der Waals surface area contributed by atoms with Gasteiger partial charge in [-0.1, -0.05) is 23.7 Å². The quantitative estimate of drug-likeness (QED) is 0.573. The van der Waals surface area contributed by atoms with Crippen LogP contribution in [0.1, 0.15) is 11.1 Å². The second-order valence-corrected chi connectivity index (χ2v) is 5.84. The molecule has 7 heteroatoms. The van der Waals surface area contributed by atoms with Crippen LogP contribution < -0.4 is 24.8 Å². The topological polar surface area (TPSA) is 64.1 Å². The van der Waals surface area contributed by atoms with E-state index in [0.717, 1.165) is 16.1 Å². The molecule has 0 amide bonds. The van der Waals surface area contributed by atoms with Gasteiger partial charge in [-0.05, 0) is 29.8 Å². The van der Waals surface area contributed by atoms with Crippen LogP contribution in [-0.4, -0.2) is 34.3 Å². The van der Waals surface area contributed by atoms with Crippen LogP contribution in [0.25, 0.3) is 0 Å². The van der Waals surface area contributed by atoms with Crippen LogP contribution in [0.4, 0.5) is 0 Å². The minimum Gasteiger partial charge on any atom is -0.493 e. The molecule has 0 atom stereocenters. The van der Waals surface area contributed by atoms with Crippen molar-refractivity contribution in [2.24, 2.45) is 4.99 Å². The number of methoxy groups -OCH3 is 3. The van der Waals surface area contributed by atoms with E-state index in [-0.39, 0.29) is 0 Å². The van der Waals surface area contributed by atoms with Gasteiger partial charge in [0.05, 0.1) is 21.3 Å². The fraction of sp³-hybridized carbons (Fsp3) is 0.316. The maximum absolute atomic E-state index is 5.91. The number of benzene rings is 2. The van der Waals surface area contributed by atoms with Gasteiger partial charge in [0.2, 0.25) is 5.75 Å². The molecule has 0 bridgehead atoms. The molecule has 0 aromatic heterocycles. The van der Waals surface area contributed by atoms with Crippen molar-refractivity contribution in [2.75, 3.05) is 28.4 Å². The predicted molar refractivity (Wildman–Crippen MR) is 105 cm³/mol. The van der Waals surface area contributed by atoms with Gasteiger partial charge >= 0.3 is 0 Å². The van der Waals surface area contributed by atoms with E-state index < -0.39 is 0 Å². The normalized spacial score (nSPS) is 11.0. The standard InChI is InChI=1S/C19H24ClN3O3/c1-21-19(22-11-13-5-8-15(20)9-6-13)23-12-14-7-10-16(24-2)18(26-4)17(14)25-3/h5-10H,11-12H2,1-4H3,(H2,21,22,23). The van der Waals surface area contributed by atoms with Crippen LogP contribution in [0.15, 0.2) is 41.4 Å². The molecule has 0 saturated heterocycles. The summed E-state index contributed by atoms with van der Waals surface area (Å²) in [6.07, 6.45) is 0. The van der Waals surface area contributed by atoms with Gasteiger partial charge in [-0.25, -0.2) is 0 Å². The molecule has 0 heterocycles. The molecule has 6 nitrogen and oxygen atoms in total. The number of halogens is 1. The molecular weight excluding hydrogens is 354 g/mol. The van der Waals surface area contributed by atoms with Crippen molar-refractivity contribution in [3.63, 3.8) is 0 Å². The number of aliphatic imine (C=N–C) groups is 1. The Bertz CT molecular complexity index is 748. The lowest BCUT2D eigenvalue weighted by atomic mass is 10.1. The fourth-order valence-electron chi connectivity index (χ4n) is 2.49. The summed E-state index contributed by atoms with van der Waals surface area (Å²) in [6.45, 7) is 1.16. The van der Waals surface area contributed by atoms with Crippen LogP contribution in [0.3, 0.4) is 0 Å².